The molecule has 0 radical (unpaired) electrons. The predicted molar refractivity (Wildman–Crippen MR) is 82.2 cm³/mol. The van der Waals surface area contributed by atoms with E-state index in [1.54, 1.807) is 40.0 Å². The van der Waals surface area contributed by atoms with Crippen LogP contribution in [0.25, 0.3) is 0 Å². The van der Waals surface area contributed by atoms with Crippen LogP contribution in [0.5, 0.6) is 5.75 Å². The van der Waals surface area contributed by atoms with Gasteiger partial charge in [-0.2, -0.15) is 0 Å². The van der Waals surface area contributed by atoms with Crippen molar-refractivity contribution in [1.29, 1.82) is 0 Å². The Bertz CT molecular complexity index is 548. The number of carboxylic acid groups (broad SMARTS) is 1. The fraction of sp³-hybridized carbons (Fsp3) is 0.500. The molecule has 1 aromatic rings. The SMILES string of the molecule is COc1ccc(C)c(CC(NC(=O)OC(C)(C)C)C(=O)O)c1. The summed E-state index contributed by atoms with van der Waals surface area (Å²) in [5.74, 6) is -0.477. The first-order chi connectivity index (χ1) is 10.1. The van der Waals surface area contributed by atoms with Crippen LogP contribution in [0.3, 0.4) is 0 Å². The summed E-state index contributed by atoms with van der Waals surface area (Å²) in [7, 11) is 1.54. The lowest BCUT2D eigenvalue weighted by Crippen LogP contribution is -2.44. The molecule has 0 aliphatic heterocycles. The summed E-state index contributed by atoms with van der Waals surface area (Å²) in [6.07, 6.45) is -0.599. The van der Waals surface area contributed by atoms with Crippen molar-refractivity contribution in [3.05, 3.63) is 29.3 Å². The van der Waals surface area contributed by atoms with E-state index in [0.717, 1.165) is 11.1 Å². The van der Waals surface area contributed by atoms with E-state index in [9.17, 15) is 14.7 Å². The second-order valence-corrected chi connectivity index (χ2v) is 6.03. The highest BCUT2D eigenvalue weighted by Crippen LogP contribution is 2.19. The number of nitrogens with one attached hydrogen (secondary N) is 1. The number of methoxy groups -OCH3 is 1. The zero-order chi connectivity index (χ0) is 16.9. The van der Waals surface area contributed by atoms with Gasteiger partial charge in [0.15, 0.2) is 0 Å². The lowest BCUT2D eigenvalue weighted by molar-refractivity contribution is -0.139. The molecular weight excluding hydrogens is 286 g/mol. The van der Waals surface area contributed by atoms with Gasteiger partial charge < -0.3 is 19.9 Å². The van der Waals surface area contributed by atoms with E-state index < -0.39 is 23.7 Å². The van der Waals surface area contributed by atoms with Crippen molar-refractivity contribution in [3.8, 4) is 5.75 Å². The first-order valence-corrected chi connectivity index (χ1v) is 6.98. The van der Waals surface area contributed by atoms with E-state index >= 15 is 0 Å². The van der Waals surface area contributed by atoms with Gasteiger partial charge in [-0.3, -0.25) is 0 Å². The number of ether oxygens (including phenoxy) is 2. The molecule has 0 bridgehead atoms. The third kappa shape index (κ3) is 5.63. The van der Waals surface area contributed by atoms with Crippen LogP contribution in [-0.2, 0) is 16.0 Å². The zero-order valence-corrected chi connectivity index (χ0v) is 13.6. The minimum absolute atomic E-state index is 0.150. The Morgan fingerprint density at radius 1 is 1.32 bits per heavy atom. The summed E-state index contributed by atoms with van der Waals surface area (Å²) in [6, 6.07) is 4.35. The monoisotopic (exact) mass is 309 g/mol. The molecule has 0 saturated heterocycles. The maximum atomic E-state index is 11.8. The van der Waals surface area contributed by atoms with Gasteiger partial charge in [0.1, 0.15) is 17.4 Å². The number of carbonyl (C=O) groups excluding carboxylic acids is 1. The van der Waals surface area contributed by atoms with E-state index in [-0.39, 0.29) is 6.42 Å². The number of aryl methyl sites for hydroxylation is 1. The number of amides is 1. The minimum Gasteiger partial charge on any atom is -0.497 e. The zero-order valence-electron chi connectivity index (χ0n) is 13.6. The van der Waals surface area contributed by atoms with Crippen LogP contribution < -0.4 is 10.1 Å². The van der Waals surface area contributed by atoms with Gasteiger partial charge >= 0.3 is 12.1 Å². The molecule has 1 amide bonds. The predicted octanol–water partition coefficient (Wildman–Crippen LogP) is 2.52. The van der Waals surface area contributed by atoms with Crippen LogP contribution in [-0.4, -0.2) is 35.9 Å². The molecule has 6 nitrogen and oxygen atoms in total. The van der Waals surface area contributed by atoms with Crippen LogP contribution in [0.15, 0.2) is 18.2 Å². The van der Waals surface area contributed by atoms with E-state index in [1.807, 2.05) is 13.0 Å². The molecule has 0 fully saturated rings. The van der Waals surface area contributed by atoms with E-state index in [1.165, 1.54) is 0 Å². The molecule has 1 atom stereocenters. The average molecular weight is 309 g/mol. The first-order valence-electron chi connectivity index (χ1n) is 6.98. The number of alkyl carbamates (subject to hydrolysis) is 1. The van der Waals surface area contributed by atoms with Crippen molar-refractivity contribution in [3.63, 3.8) is 0 Å². The van der Waals surface area contributed by atoms with Crippen molar-refractivity contribution in [2.75, 3.05) is 7.11 Å². The molecule has 6 heteroatoms. The van der Waals surface area contributed by atoms with Crippen LogP contribution >= 0.6 is 0 Å². The average Bonchev–Trinajstić information content (AvgIpc) is 2.38. The summed E-state index contributed by atoms with van der Waals surface area (Å²) in [6.45, 7) is 7.03. The van der Waals surface area contributed by atoms with Crippen molar-refractivity contribution in [1.82, 2.24) is 5.32 Å². The smallest absolute Gasteiger partial charge is 0.408 e. The third-order valence-corrected chi connectivity index (χ3v) is 2.97. The first kappa shape index (κ1) is 17.8. The molecule has 0 saturated carbocycles. The van der Waals surface area contributed by atoms with Gasteiger partial charge in [-0.05, 0) is 51.0 Å². The summed E-state index contributed by atoms with van der Waals surface area (Å²) < 4.78 is 10.2. The van der Waals surface area contributed by atoms with Crippen molar-refractivity contribution < 1.29 is 24.2 Å². The number of hydrogen-bond donors (Lipinski definition) is 2. The maximum Gasteiger partial charge on any atom is 0.408 e. The second kappa shape index (κ2) is 7.15. The van der Waals surface area contributed by atoms with Crippen molar-refractivity contribution in [2.24, 2.45) is 0 Å². The summed E-state index contributed by atoms with van der Waals surface area (Å²) in [5, 5.41) is 11.7. The molecule has 22 heavy (non-hydrogen) atoms. The highest BCUT2D eigenvalue weighted by molar-refractivity contribution is 5.80. The second-order valence-electron chi connectivity index (χ2n) is 6.03. The Balaban J connectivity index is 2.85. The van der Waals surface area contributed by atoms with Gasteiger partial charge in [0, 0.05) is 6.42 Å². The number of carbonyl (C=O) groups is 2. The van der Waals surface area contributed by atoms with Gasteiger partial charge in [0.25, 0.3) is 0 Å². The topological polar surface area (TPSA) is 84.9 Å². The summed E-state index contributed by atoms with van der Waals surface area (Å²) in [5.41, 5.74) is 1.04. The Morgan fingerprint density at radius 3 is 2.45 bits per heavy atom. The molecule has 0 heterocycles. The fourth-order valence-corrected chi connectivity index (χ4v) is 1.86. The maximum absolute atomic E-state index is 11.8. The Hall–Kier alpha value is -2.24. The number of benzene rings is 1. The van der Waals surface area contributed by atoms with Gasteiger partial charge in [-0.1, -0.05) is 6.07 Å². The molecule has 122 valence electrons. The van der Waals surface area contributed by atoms with Crippen LogP contribution in [0, 0.1) is 6.92 Å². The van der Waals surface area contributed by atoms with E-state index in [2.05, 4.69) is 5.32 Å². The van der Waals surface area contributed by atoms with Crippen LogP contribution in [0.4, 0.5) is 4.79 Å². The lowest BCUT2D eigenvalue weighted by Gasteiger charge is -2.22. The van der Waals surface area contributed by atoms with Crippen LogP contribution in [0.2, 0.25) is 0 Å². The molecular formula is C16H23NO5. The molecule has 1 unspecified atom stereocenters. The van der Waals surface area contributed by atoms with Crippen molar-refractivity contribution in [2.45, 2.75) is 45.8 Å². The highest BCUT2D eigenvalue weighted by Gasteiger charge is 2.24. The quantitative estimate of drug-likeness (QED) is 0.873. The number of rotatable bonds is 5. The molecule has 1 aromatic carbocycles. The Kier molecular flexibility index (Phi) is 5.79. The van der Waals surface area contributed by atoms with Gasteiger partial charge in [-0.15, -0.1) is 0 Å². The van der Waals surface area contributed by atoms with Gasteiger partial charge in [0.05, 0.1) is 7.11 Å². The van der Waals surface area contributed by atoms with E-state index in [4.69, 9.17) is 9.47 Å². The summed E-state index contributed by atoms with van der Waals surface area (Å²) in [4.78, 5) is 23.1. The number of aliphatic carboxylic acids is 1. The Morgan fingerprint density at radius 2 is 1.95 bits per heavy atom. The van der Waals surface area contributed by atoms with Crippen LogP contribution in [0.1, 0.15) is 31.9 Å². The normalized spacial score (nSPS) is 12.4. The number of carboxylic acids is 1. The summed E-state index contributed by atoms with van der Waals surface area (Å²) >= 11 is 0. The number of hydrogen-bond acceptors (Lipinski definition) is 4. The largest absolute Gasteiger partial charge is 0.497 e. The van der Waals surface area contributed by atoms with Gasteiger partial charge in [-0.25, -0.2) is 9.59 Å². The Labute approximate surface area is 130 Å². The molecule has 2 N–H and O–H groups in total. The van der Waals surface area contributed by atoms with E-state index in [0.29, 0.717) is 5.75 Å². The molecule has 0 aliphatic carbocycles. The van der Waals surface area contributed by atoms with Gasteiger partial charge in [0.2, 0.25) is 0 Å². The standard InChI is InChI=1S/C16H23NO5/c1-10-6-7-12(21-5)8-11(10)9-13(14(18)19)17-15(20)22-16(2,3)4/h6-8,13H,9H2,1-5H3,(H,17,20)(H,18,19). The van der Waals surface area contributed by atoms with Crippen molar-refractivity contribution >= 4 is 12.1 Å². The third-order valence-electron chi connectivity index (χ3n) is 2.97. The highest BCUT2D eigenvalue weighted by atomic mass is 16.6. The molecule has 0 aromatic heterocycles. The molecule has 0 spiro atoms. The lowest BCUT2D eigenvalue weighted by atomic mass is 10.0. The molecule has 0 aliphatic rings. The fourth-order valence-electron chi connectivity index (χ4n) is 1.86. The minimum atomic E-state index is -1.12. The molecule has 1 rings (SSSR count).